The Balaban J connectivity index is 1.70. The van der Waals surface area contributed by atoms with E-state index in [2.05, 4.69) is 34.1 Å². The van der Waals surface area contributed by atoms with Crippen molar-refractivity contribution in [3.8, 4) is 5.75 Å². The van der Waals surface area contributed by atoms with Crippen LogP contribution in [0.4, 0.5) is 0 Å². The van der Waals surface area contributed by atoms with Crippen molar-refractivity contribution < 1.29 is 4.74 Å². The van der Waals surface area contributed by atoms with Gasteiger partial charge in [0.2, 0.25) is 0 Å². The fourth-order valence-electron chi connectivity index (χ4n) is 2.58. The fourth-order valence-corrected chi connectivity index (χ4v) is 4.60. The second-order valence-electron chi connectivity index (χ2n) is 4.97. The number of halogens is 1. The van der Waals surface area contributed by atoms with Gasteiger partial charge in [-0.05, 0) is 55.0 Å². The van der Waals surface area contributed by atoms with E-state index in [-0.39, 0.29) is 0 Å². The average molecular weight is 337 g/mol. The molecule has 19 heavy (non-hydrogen) atoms. The van der Waals surface area contributed by atoms with E-state index in [0.29, 0.717) is 4.83 Å². The molecule has 0 saturated heterocycles. The molecule has 1 unspecified atom stereocenters. The molecule has 0 radical (unpaired) electrons. The topological polar surface area (TPSA) is 9.23 Å². The summed E-state index contributed by atoms with van der Waals surface area (Å²) in [6, 6.07) is 10.8. The minimum Gasteiger partial charge on any atom is -0.497 e. The summed E-state index contributed by atoms with van der Waals surface area (Å²) >= 11 is 5.82. The second kappa shape index (κ2) is 5.68. The van der Waals surface area contributed by atoms with Gasteiger partial charge in [-0.1, -0.05) is 28.1 Å². The number of fused-ring (bicyclic) bond motifs is 1. The SMILES string of the molecule is COc1ccc(CC(Br)c2cc3c(s2)CCC3)cc1. The molecule has 100 valence electrons. The molecule has 0 saturated carbocycles. The molecule has 3 rings (SSSR count). The van der Waals surface area contributed by atoms with E-state index in [4.69, 9.17) is 4.74 Å². The summed E-state index contributed by atoms with van der Waals surface area (Å²) in [7, 11) is 1.70. The lowest BCUT2D eigenvalue weighted by atomic mass is 10.1. The molecule has 1 nitrogen and oxygen atoms in total. The normalized spacial score (nSPS) is 15.3. The highest BCUT2D eigenvalue weighted by molar-refractivity contribution is 9.09. The highest BCUT2D eigenvalue weighted by Gasteiger charge is 2.18. The van der Waals surface area contributed by atoms with Gasteiger partial charge < -0.3 is 4.74 Å². The smallest absolute Gasteiger partial charge is 0.118 e. The van der Waals surface area contributed by atoms with E-state index in [1.54, 1.807) is 17.6 Å². The van der Waals surface area contributed by atoms with Crippen LogP contribution in [0.3, 0.4) is 0 Å². The number of methoxy groups -OCH3 is 1. The third kappa shape index (κ3) is 2.87. The summed E-state index contributed by atoms with van der Waals surface area (Å²) < 4.78 is 5.19. The predicted octanol–water partition coefficient (Wildman–Crippen LogP) is 4.92. The molecule has 0 bridgehead atoms. The summed E-state index contributed by atoms with van der Waals surface area (Å²) in [4.78, 5) is 3.51. The molecule has 3 heteroatoms. The number of ether oxygens (including phenoxy) is 1. The maximum atomic E-state index is 5.19. The van der Waals surface area contributed by atoms with Crippen molar-refractivity contribution in [2.45, 2.75) is 30.5 Å². The molecule has 1 aromatic carbocycles. The monoisotopic (exact) mass is 336 g/mol. The first-order chi connectivity index (χ1) is 9.26. The number of alkyl halides is 1. The lowest BCUT2D eigenvalue weighted by Crippen LogP contribution is -1.93. The molecule has 0 spiro atoms. The van der Waals surface area contributed by atoms with E-state index in [1.165, 1.54) is 29.7 Å². The summed E-state index contributed by atoms with van der Waals surface area (Å²) in [5.74, 6) is 0.921. The molecule has 0 aliphatic heterocycles. The van der Waals surface area contributed by atoms with Crippen molar-refractivity contribution in [1.82, 2.24) is 0 Å². The maximum Gasteiger partial charge on any atom is 0.118 e. The van der Waals surface area contributed by atoms with E-state index in [9.17, 15) is 0 Å². The van der Waals surface area contributed by atoms with Gasteiger partial charge in [-0.15, -0.1) is 11.3 Å². The number of benzene rings is 1. The van der Waals surface area contributed by atoms with Crippen LogP contribution in [-0.4, -0.2) is 7.11 Å². The van der Waals surface area contributed by atoms with Gasteiger partial charge >= 0.3 is 0 Å². The van der Waals surface area contributed by atoms with E-state index < -0.39 is 0 Å². The Morgan fingerprint density at radius 2 is 2.05 bits per heavy atom. The standard InChI is InChI=1S/C16H17BrOS/c1-18-13-7-5-11(6-8-13)9-14(17)16-10-12-3-2-4-15(12)19-16/h5-8,10,14H,2-4,9H2,1H3. The fraction of sp³-hybridized carbons (Fsp3) is 0.375. The zero-order valence-electron chi connectivity index (χ0n) is 11.0. The van der Waals surface area contributed by atoms with Gasteiger partial charge in [0.05, 0.1) is 11.9 Å². The molecule has 2 aromatic rings. The zero-order chi connectivity index (χ0) is 13.2. The van der Waals surface area contributed by atoms with Crippen LogP contribution in [0.25, 0.3) is 0 Å². The molecular weight excluding hydrogens is 320 g/mol. The van der Waals surface area contributed by atoms with Gasteiger partial charge in [0, 0.05) is 9.75 Å². The number of rotatable bonds is 4. The molecule has 1 heterocycles. The first-order valence-corrected chi connectivity index (χ1v) is 8.38. The Hall–Kier alpha value is -0.800. The Morgan fingerprint density at radius 3 is 2.74 bits per heavy atom. The Kier molecular flexibility index (Phi) is 3.94. The maximum absolute atomic E-state index is 5.19. The van der Waals surface area contributed by atoms with Gasteiger partial charge in [0.1, 0.15) is 5.75 Å². The van der Waals surface area contributed by atoms with E-state index in [1.807, 2.05) is 23.5 Å². The first-order valence-electron chi connectivity index (χ1n) is 6.65. The van der Waals surface area contributed by atoms with Crippen LogP contribution in [-0.2, 0) is 19.3 Å². The number of hydrogen-bond acceptors (Lipinski definition) is 2. The van der Waals surface area contributed by atoms with Crippen molar-refractivity contribution in [3.63, 3.8) is 0 Å². The Bertz CT molecular complexity index is 537. The predicted molar refractivity (Wildman–Crippen MR) is 84.7 cm³/mol. The molecule has 1 atom stereocenters. The lowest BCUT2D eigenvalue weighted by molar-refractivity contribution is 0.414. The van der Waals surface area contributed by atoms with Crippen molar-refractivity contribution >= 4 is 27.3 Å². The summed E-state index contributed by atoms with van der Waals surface area (Å²) in [6.07, 6.45) is 4.92. The summed E-state index contributed by atoms with van der Waals surface area (Å²) in [5.41, 5.74) is 2.93. The van der Waals surface area contributed by atoms with Crippen LogP contribution in [0.5, 0.6) is 5.75 Å². The number of aryl methyl sites for hydroxylation is 2. The van der Waals surface area contributed by atoms with Gasteiger partial charge in [0.15, 0.2) is 0 Å². The van der Waals surface area contributed by atoms with Crippen LogP contribution in [0.2, 0.25) is 0 Å². The Morgan fingerprint density at radius 1 is 1.26 bits per heavy atom. The van der Waals surface area contributed by atoms with Crippen molar-refractivity contribution in [2.24, 2.45) is 0 Å². The molecule has 1 aliphatic rings. The van der Waals surface area contributed by atoms with Crippen LogP contribution in [0.15, 0.2) is 30.3 Å². The molecule has 0 N–H and O–H groups in total. The zero-order valence-corrected chi connectivity index (χ0v) is 13.4. The summed E-state index contributed by atoms with van der Waals surface area (Å²) in [6.45, 7) is 0. The van der Waals surface area contributed by atoms with Crippen LogP contribution in [0, 0.1) is 0 Å². The third-order valence-corrected chi connectivity index (χ3v) is 6.12. The second-order valence-corrected chi connectivity index (χ2v) is 7.24. The summed E-state index contributed by atoms with van der Waals surface area (Å²) in [5, 5.41) is 0. The molecule has 0 amide bonds. The van der Waals surface area contributed by atoms with Crippen LogP contribution in [0.1, 0.15) is 32.1 Å². The average Bonchev–Trinajstić information content (AvgIpc) is 3.00. The number of thiophene rings is 1. The van der Waals surface area contributed by atoms with Gasteiger partial charge in [-0.3, -0.25) is 0 Å². The molecule has 0 fully saturated rings. The van der Waals surface area contributed by atoms with Gasteiger partial charge in [0.25, 0.3) is 0 Å². The quantitative estimate of drug-likeness (QED) is 0.719. The highest BCUT2D eigenvalue weighted by atomic mass is 79.9. The van der Waals surface area contributed by atoms with Gasteiger partial charge in [-0.25, -0.2) is 0 Å². The third-order valence-electron chi connectivity index (χ3n) is 3.65. The largest absolute Gasteiger partial charge is 0.497 e. The highest BCUT2D eigenvalue weighted by Crippen LogP contribution is 2.38. The lowest BCUT2D eigenvalue weighted by Gasteiger charge is -2.08. The van der Waals surface area contributed by atoms with Crippen LogP contribution < -0.4 is 4.74 Å². The minimum absolute atomic E-state index is 0.427. The van der Waals surface area contributed by atoms with Crippen molar-refractivity contribution in [3.05, 3.63) is 51.2 Å². The van der Waals surface area contributed by atoms with Crippen molar-refractivity contribution in [1.29, 1.82) is 0 Å². The van der Waals surface area contributed by atoms with Gasteiger partial charge in [-0.2, -0.15) is 0 Å². The number of hydrogen-bond donors (Lipinski definition) is 0. The van der Waals surface area contributed by atoms with E-state index in [0.717, 1.165) is 12.2 Å². The molecule has 1 aromatic heterocycles. The van der Waals surface area contributed by atoms with Crippen molar-refractivity contribution in [2.75, 3.05) is 7.11 Å². The molecular formula is C16H17BrOS. The molecule has 1 aliphatic carbocycles. The van der Waals surface area contributed by atoms with Crippen LogP contribution >= 0.6 is 27.3 Å². The Labute approximate surface area is 126 Å². The first kappa shape index (κ1) is 13.2. The van der Waals surface area contributed by atoms with E-state index >= 15 is 0 Å². The minimum atomic E-state index is 0.427.